The molecule has 1 fully saturated rings. The van der Waals surface area contributed by atoms with Gasteiger partial charge in [0.05, 0.1) is 24.6 Å². The van der Waals surface area contributed by atoms with Crippen molar-refractivity contribution in [2.75, 3.05) is 18.6 Å². The molecule has 118 valence electrons. The second kappa shape index (κ2) is 5.55. The van der Waals surface area contributed by atoms with E-state index in [4.69, 9.17) is 4.74 Å². The minimum absolute atomic E-state index is 0.0631. The molecule has 3 aromatic rings. The Morgan fingerprint density at radius 3 is 3.09 bits per heavy atom. The summed E-state index contributed by atoms with van der Waals surface area (Å²) in [7, 11) is 1.66. The normalized spacial score (nSPS) is 21.0. The molecule has 1 aliphatic rings. The third kappa shape index (κ3) is 2.41. The molecule has 1 saturated heterocycles. The number of benzene rings is 1. The van der Waals surface area contributed by atoms with Crippen molar-refractivity contribution in [2.45, 2.75) is 18.6 Å². The molecule has 0 saturated carbocycles. The number of aliphatic hydroxyl groups excluding tert-OH is 1. The Balaban J connectivity index is 1.78. The average Bonchev–Trinajstić information content (AvgIpc) is 3.21. The minimum atomic E-state index is -0.379. The molecule has 0 spiro atoms. The Labute approximate surface area is 133 Å². The Kier molecular flexibility index (Phi) is 3.38. The lowest BCUT2D eigenvalue weighted by molar-refractivity contribution is 0.194. The van der Waals surface area contributed by atoms with Gasteiger partial charge in [0.25, 0.3) is 0 Å². The lowest BCUT2D eigenvalue weighted by atomic mass is 10.0. The molecule has 23 heavy (non-hydrogen) atoms. The van der Waals surface area contributed by atoms with Crippen molar-refractivity contribution in [3.8, 4) is 5.75 Å². The van der Waals surface area contributed by atoms with Crippen molar-refractivity contribution in [1.82, 2.24) is 15.0 Å². The van der Waals surface area contributed by atoms with Gasteiger partial charge in [-0.3, -0.25) is 0 Å². The highest BCUT2D eigenvalue weighted by atomic mass is 16.5. The van der Waals surface area contributed by atoms with E-state index in [1.54, 1.807) is 13.4 Å². The number of H-pyrrole nitrogens is 1. The van der Waals surface area contributed by atoms with E-state index < -0.39 is 0 Å². The molecule has 6 nitrogen and oxygen atoms in total. The van der Waals surface area contributed by atoms with Gasteiger partial charge >= 0.3 is 0 Å². The van der Waals surface area contributed by atoms with Gasteiger partial charge in [0, 0.05) is 12.7 Å². The van der Waals surface area contributed by atoms with Gasteiger partial charge in [0.1, 0.15) is 23.5 Å². The van der Waals surface area contributed by atoms with E-state index in [1.807, 2.05) is 30.5 Å². The van der Waals surface area contributed by atoms with E-state index in [9.17, 15) is 5.11 Å². The Bertz CT molecular complexity index is 832. The number of aliphatic hydroxyl groups is 1. The van der Waals surface area contributed by atoms with Crippen LogP contribution in [0, 0.1) is 0 Å². The maximum atomic E-state index is 10.2. The van der Waals surface area contributed by atoms with Crippen LogP contribution in [0.1, 0.15) is 18.0 Å². The zero-order valence-corrected chi connectivity index (χ0v) is 12.8. The molecule has 0 bridgehead atoms. The summed E-state index contributed by atoms with van der Waals surface area (Å²) in [5.74, 6) is 1.67. The first-order chi connectivity index (χ1) is 11.3. The third-order valence-corrected chi connectivity index (χ3v) is 4.36. The number of hydrogen-bond donors (Lipinski definition) is 2. The lowest BCUT2D eigenvalue weighted by Gasteiger charge is -2.26. The number of aromatic nitrogens is 3. The molecule has 0 unspecified atom stereocenters. The van der Waals surface area contributed by atoms with Gasteiger partial charge in [-0.15, -0.1) is 0 Å². The monoisotopic (exact) mass is 310 g/mol. The van der Waals surface area contributed by atoms with Crippen LogP contribution in [-0.2, 0) is 0 Å². The summed E-state index contributed by atoms with van der Waals surface area (Å²) in [5.41, 5.74) is 1.92. The highest BCUT2D eigenvalue weighted by Gasteiger charge is 2.34. The van der Waals surface area contributed by atoms with Crippen LogP contribution in [0.3, 0.4) is 0 Å². The molecule has 6 heteroatoms. The number of nitrogens with one attached hydrogen (secondary N) is 1. The maximum Gasteiger partial charge on any atom is 0.142 e. The number of anilines is 1. The van der Waals surface area contributed by atoms with Gasteiger partial charge in [0.15, 0.2) is 0 Å². The van der Waals surface area contributed by atoms with Crippen molar-refractivity contribution in [2.24, 2.45) is 0 Å². The van der Waals surface area contributed by atoms with Crippen LogP contribution in [0.15, 0.2) is 42.9 Å². The number of rotatable bonds is 3. The molecular weight excluding hydrogens is 292 g/mol. The predicted octanol–water partition coefficient (Wildman–Crippen LogP) is 2.28. The molecule has 2 aromatic heterocycles. The van der Waals surface area contributed by atoms with E-state index in [0.717, 1.165) is 28.2 Å². The van der Waals surface area contributed by atoms with E-state index in [0.29, 0.717) is 13.0 Å². The van der Waals surface area contributed by atoms with E-state index >= 15 is 0 Å². The molecule has 0 radical (unpaired) electrons. The second-order valence-electron chi connectivity index (χ2n) is 5.77. The summed E-state index contributed by atoms with van der Waals surface area (Å²) < 4.78 is 5.33. The molecule has 4 rings (SSSR count). The van der Waals surface area contributed by atoms with Crippen LogP contribution in [0.2, 0.25) is 0 Å². The summed E-state index contributed by atoms with van der Waals surface area (Å²) in [6.07, 6.45) is 3.70. The molecule has 1 aromatic carbocycles. The van der Waals surface area contributed by atoms with Crippen LogP contribution >= 0.6 is 0 Å². The van der Waals surface area contributed by atoms with Gasteiger partial charge in [0.2, 0.25) is 0 Å². The Morgan fingerprint density at radius 1 is 1.30 bits per heavy atom. The average molecular weight is 310 g/mol. The van der Waals surface area contributed by atoms with Crippen molar-refractivity contribution < 1.29 is 9.84 Å². The van der Waals surface area contributed by atoms with Crippen molar-refractivity contribution in [3.63, 3.8) is 0 Å². The fraction of sp³-hybridized carbons (Fsp3) is 0.294. The molecule has 0 aliphatic carbocycles. The van der Waals surface area contributed by atoms with Crippen molar-refractivity contribution in [3.05, 3.63) is 48.4 Å². The molecule has 1 aliphatic heterocycles. The van der Waals surface area contributed by atoms with Crippen LogP contribution in [-0.4, -0.2) is 39.8 Å². The van der Waals surface area contributed by atoms with Crippen LogP contribution in [0.4, 0.5) is 5.82 Å². The summed E-state index contributed by atoms with van der Waals surface area (Å²) in [6.45, 7) is 0.555. The van der Waals surface area contributed by atoms with Crippen LogP contribution in [0.25, 0.3) is 11.0 Å². The highest BCUT2D eigenvalue weighted by Crippen LogP contribution is 2.38. The standard InChI is InChI=1S/C17H18N4O2/c1-23-13-4-2-3-11(7-13)15-8-12(22)9-21(15)17-14-5-6-18-16(14)19-10-20-17/h2-7,10,12,15,22H,8-9H2,1H3,(H,18,19,20)/t12-,15-/m1/s1. The third-order valence-electron chi connectivity index (χ3n) is 4.36. The first kappa shape index (κ1) is 14.0. The van der Waals surface area contributed by atoms with Crippen LogP contribution < -0.4 is 9.64 Å². The van der Waals surface area contributed by atoms with E-state index in [-0.39, 0.29) is 12.1 Å². The topological polar surface area (TPSA) is 74.3 Å². The summed E-state index contributed by atoms with van der Waals surface area (Å²) in [6, 6.07) is 10.0. The number of nitrogens with zero attached hydrogens (tertiary/aromatic N) is 3. The second-order valence-corrected chi connectivity index (χ2v) is 5.77. The zero-order valence-electron chi connectivity index (χ0n) is 12.8. The molecular formula is C17H18N4O2. The van der Waals surface area contributed by atoms with Crippen molar-refractivity contribution >= 4 is 16.9 Å². The van der Waals surface area contributed by atoms with Crippen LogP contribution in [0.5, 0.6) is 5.75 Å². The van der Waals surface area contributed by atoms with Gasteiger partial charge in [-0.25, -0.2) is 9.97 Å². The van der Waals surface area contributed by atoms with Gasteiger partial charge in [-0.05, 0) is 30.2 Å². The number of hydrogen-bond acceptors (Lipinski definition) is 5. The van der Waals surface area contributed by atoms with Gasteiger partial charge < -0.3 is 19.7 Å². The van der Waals surface area contributed by atoms with E-state index in [1.165, 1.54) is 0 Å². The fourth-order valence-electron chi connectivity index (χ4n) is 3.30. The number of β-amino-alcohol motifs (C(OH)–C–C–N with tert-alkyl or cyclic N) is 1. The molecule has 0 amide bonds. The smallest absolute Gasteiger partial charge is 0.142 e. The molecule has 3 heterocycles. The number of ether oxygens (including phenoxy) is 1. The fourth-order valence-corrected chi connectivity index (χ4v) is 3.30. The molecule has 2 N–H and O–H groups in total. The first-order valence-electron chi connectivity index (χ1n) is 7.63. The predicted molar refractivity (Wildman–Crippen MR) is 87.6 cm³/mol. The Morgan fingerprint density at radius 2 is 2.22 bits per heavy atom. The maximum absolute atomic E-state index is 10.2. The summed E-state index contributed by atoms with van der Waals surface area (Å²) in [4.78, 5) is 14.0. The van der Waals surface area contributed by atoms with E-state index in [2.05, 4.69) is 25.9 Å². The highest BCUT2D eigenvalue weighted by molar-refractivity contribution is 5.87. The number of fused-ring (bicyclic) bond motifs is 1. The van der Waals surface area contributed by atoms with Gasteiger partial charge in [-0.2, -0.15) is 0 Å². The molecule has 2 atom stereocenters. The largest absolute Gasteiger partial charge is 0.497 e. The quantitative estimate of drug-likeness (QED) is 0.776. The number of aromatic amines is 1. The summed E-state index contributed by atoms with van der Waals surface area (Å²) in [5, 5.41) is 11.2. The first-order valence-corrected chi connectivity index (χ1v) is 7.63. The SMILES string of the molecule is COc1cccc([C@H]2C[C@@H](O)CN2c2ncnc3[nH]ccc23)c1. The van der Waals surface area contributed by atoms with Crippen molar-refractivity contribution in [1.29, 1.82) is 0 Å². The minimum Gasteiger partial charge on any atom is -0.497 e. The number of methoxy groups -OCH3 is 1. The zero-order chi connectivity index (χ0) is 15.8. The van der Waals surface area contributed by atoms with Gasteiger partial charge in [-0.1, -0.05) is 12.1 Å². The lowest BCUT2D eigenvalue weighted by Crippen LogP contribution is -2.25. The summed E-state index contributed by atoms with van der Waals surface area (Å²) >= 11 is 0. The Hall–Kier alpha value is -2.60.